The van der Waals surface area contributed by atoms with Crippen LogP contribution in [0.25, 0.3) is 0 Å². The Morgan fingerprint density at radius 1 is 1.50 bits per heavy atom. The molecule has 0 radical (unpaired) electrons. The van der Waals surface area contributed by atoms with E-state index in [1.165, 1.54) is 0 Å². The summed E-state index contributed by atoms with van der Waals surface area (Å²) in [5.74, 6) is -0.142. The molecule has 0 aromatic carbocycles. The zero-order valence-electron chi connectivity index (χ0n) is 7.52. The number of rotatable bonds is 5. The van der Waals surface area contributed by atoms with Gasteiger partial charge in [0, 0.05) is 0 Å². The van der Waals surface area contributed by atoms with Crippen LogP contribution in [-0.4, -0.2) is 25.7 Å². The van der Waals surface area contributed by atoms with Crippen LogP contribution in [0.5, 0.6) is 0 Å². The van der Waals surface area contributed by atoms with Crippen LogP contribution in [0.15, 0.2) is 0 Å². The van der Waals surface area contributed by atoms with E-state index < -0.39 is 0 Å². The Morgan fingerprint density at radius 2 is 2.08 bits per heavy atom. The molecule has 0 heterocycles. The van der Waals surface area contributed by atoms with Crippen molar-refractivity contribution in [1.29, 1.82) is 0 Å². The lowest BCUT2D eigenvalue weighted by Gasteiger charge is -2.11. The minimum absolute atomic E-state index is 0. The number of hydrogen-bond acceptors (Lipinski definition) is 3. The fourth-order valence-corrected chi connectivity index (χ4v) is 0.792. The molecule has 1 atom stereocenters. The number of carbonyl (C=O) groups excluding carboxylic acids is 1. The summed E-state index contributed by atoms with van der Waals surface area (Å²) in [6.07, 6.45) is 1.66. The Hall–Kier alpha value is -0.570. The van der Waals surface area contributed by atoms with Gasteiger partial charge in [-0.1, -0.05) is 21.3 Å². The average molecular weight is 175 g/mol. The van der Waals surface area contributed by atoms with E-state index in [9.17, 15) is 4.79 Å². The van der Waals surface area contributed by atoms with Crippen LogP contribution in [0.4, 0.5) is 0 Å². The molecular formula is C9H21NO2. The van der Waals surface area contributed by atoms with E-state index in [0.717, 1.165) is 12.8 Å². The first-order valence-corrected chi connectivity index (χ1v) is 4.10. The van der Waals surface area contributed by atoms with E-state index in [2.05, 4.69) is 5.32 Å². The van der Waals surface area contributed by atoms with Crippen LogP contribution in [0, 0.1) is 0 Å². The lowest BCUT2D eigenvalue weighted by molar-refractivity contribution is -0.146. The van der Waals surface area contributed by atoms with Crippen LogP contribution in [0.3, 0.4) is 0 Å². The predicted molar refractivity (Wildman–Crippen MR) is 51.1 cm³/mol. The average Bonchev–Trinajstić information content (AvgIpc) is 2.03. The summed E-state index contributed by atoms with van der Waals surface area (Å²) in [5, 5.41) is 2.89. The molecule has 0 aliphatic carbocycles. The molecule has 3 heteroatoms. The third kappa shape index (κ3) is 5.13. The molecule has 0 aromatic rings. The van der Waals surface area contributed by atoms with Gasteiger partial charge < -0.3 is 10.1 Å². The Balaban J connectivity index is 0. The van der Waals surface area contributed by atoms with Crippen LogP contribution in [-0.2, 0) is 9.53 Å². The summed E-state index contributed by atoms with van der Waals surface area (Å²) in [7, 11) is 1.77. The van der Waals surface area contributed by atoms with Gasteiger partial charge >= 0.3 is 5.97 Å². The molecule has 12 heavy (non-hydrogen) atoms. The van der Waals surface area contributed by atoms with Crippen molar-refractivity contribution in [3.8, 4) is 0 Å². The molecule has 0 aliphatic rings. The molecule has 0 spiro atoms. The third-order valence-electron chi connectivity index (χ3n) is 1.49. The largest absolute Gasteiger partial charge is 0.465 e. The molecular weight excluding hydrogens is 154 g/mol. The summed E-state index contributed by atoms with van der Waals surface area (Å²) >= 11 is 0. The predicted octanol–water partition coefficient (Wildman–Crippen LogP) is 1.57. The van der Waals surface area contributed by atoms with Gasteiger partial charge in [0.2, 0.25) is 0 Å². The minimum atomic E-state index is -0.142. The van der Waals surface area contributed by atoms with E-state index in [1.807, 2.05) is 13.8 Å². The van der Waals surface area contributed by atoms with Gasteiger partial charge in [0.05, 0.1) is 6.61 Å². The number of hydrogen-bond donors (Lipinski definition) is 1. The van der Waals surface area contributed by atoms with Crippen molar-refractivity contribution in [3.63, 3.8) is 0 Å². The lowest BCUT2D eigenvalue weighted by atomic mass is 10.2. The van der Waals surface area contributed by atoms with Gasteiger partial charge in [-0.25, -0.2) is 0 Å². The molecule has 1 N–H and O–H groups in total. The van der Waals surface area contributed by atoms with Gasteiger partial charge in [-0.05, 0) is 19.9 Å². The van der Waals surface area contributed by atoms with E-state index in [4.69, 9.17) is 4.74 Å². The zero-order chi connectivity index (χ0) is 8.69. The number of esters is 1. The monoisotopic (exact) mass is 175 g/mol. The zero-order valence-corrected chi connectivity index (χ0v) is 7.52. The van der Waals surface area contributed by atoms with E-state index in [-0.39, 0.29) is 19.4 Å². The highest BCUT2D eigenvalue weighted by atomic mass is 16.5. The van der Waals surface area contributed by atoms with E-state index >= 15 is 0 Å². The number of nitrogens with one attached hydrogen (secondary N) is 1. The second kappa shape index (κ2) is 8.53. The summed E-state index contributed by atoms with van der Waals surface area (Å²) in [6, 6.07) is -0.137. The summed E-state index contributed by atoms with van der Waals surface area (Å²) in [5.41, 5.74) is 0. The number of likely N-dealkylation sites (N-methyl/N-ethyl adjacent to an activating group) is 1. The van der Waals surface area contributed by atoms with Gasteiger partial charge in [0.1, 0.15) is 6.04 Å². The highest BCUT2D eigenvalue weighted by Gasteiger charge is 2.14. The molecule has 0 rings (SSSR count). The Morgan fingerprint density at radius 3 is 2.42 bits per heavy atom. The van der Waals surface area contributed by atoms with E-state index in [1.54, 1.807) is 7.05 Å². The number of ether oxygens (including phenoxy) is 1. The first-order chi connectivity index (χ1) is 5.26. The van der Waals surface area contributed by atoms with Crippen LogP contribution < -0.4 is 5.32 Å². The quantitative estimate of drug-likeness (QED) is 0.645. The maximum atomic E-state index is 11.1. The Kier molecular flexibility index (Phi) is 9.93. The maximum absolute atomic E-state index is 11.1. The van der Waals surface area contributed by atoms with Crippen molar-refractivity contribution in [3.05, 3.63) is 0 Å². The molecule has 0 bridgehead atoms. The molecule has 0 saturated carbocycles. The first-order valence-electron chi connectivity index (χ1n) is 4.10. The SMILES string of the molecule is C.CCCOC(=O)C(CC)NC. The van der Waals surface area contributed by atoms with Gasteiger partial charge in [-0.3, -0.25) is 4.79 Å². The van der Waals surface area contributed by atoms with Crippen LogP contribution in [0.2, 0.25) is 0 Å². The summed E-state index contributed by atoms with van der Waals surface area (Å²) < 4.78 is 4.93. The Labute approximate surface area is 75.5 Å². The molecule has 0 aromatic heterocycles. The molecule has 0 amide bonds. The van der Waals surface area contributed by atoms with Crippen molar-refractivity contribution in [2.24, 2.45) is 0 Å². The van der Waals surface area contributed by atoms with Crippen molar-refractivity contribution >= 4 is 5.97 Å². The van der Waals surface area contributed by atoms with Crippen molar-refractivity contribution in [2.75, 3.05) is 13.7 Å². The fraction of sp³-hybridized carbons (Fsp3) is 0.889. The molecule has 3 nitrogen and oxygen atoms in total. The second-order valence-electron chi connectivity index (χ2n) is 2.42. The normalized spacial score (nSPS) is 11.6. The molecule has 0 aliphatic heterocycles. The van der Waals surface area contributed by atoms with Gasteiger partial charge in [-0.2, -0.15) is 0 Å². The lowest BCUT2D eigenvalue weighted by Crippen LogP contribution is -2.34. The second-order valence-corrected chi connectivity index (χ2v) is 2.42. The highest BCUT2D eigenvalue weighted by Crippen LogP contribution is 1.94. The van der Waals surface area contributed by atoms with Crippen LogP contribution >= 0.6 is 0 Å². The standard InChI is InChI=1S/C8H17NO2.CH4/c1-4-6-11-8(10)7(5-2)9-3;/h7,9H,4-6H2,1-3H3;1H4. The third-order valence-corrected chi connectivity index (χ3v) is 1.49. The molecule has 0 saturated heterocycles. The summed E-state index contributed by atoms with van der Waals surface area (Å²) in [6.45, 7) is 4.46. The van der Waals surface area contributed by atoms with Crippen molar-refractivity contribution in [1.82, 2.24) is 5.32 Å². The topological polar surface area (TPSA) is 38.3 Å². The molecule has 74 valence electrons. The van der Waals surface area contributed by atoms with Gasteiger partial charge in [0.25, 0.3) is 0 Å². The first kappa shape index (κ1) is 14.0. The van der Waals surface area contributed by atoms with Crippen LogP contribution in [0.1, 0.15) is 34.1 Å². The summed E-state index contributed by atoms with van der Waals surface area (Å²) in [4.78, 5) is 11.1. The Bertz CT molecular complexity index is 111. The molecule has 1 unspecified atom stereocenters. The molecule has 0 fully saturated rings. The minimum Gasteiger partial charge on any atom is -0.465 e. The maximum Gasteiger partial charge on any atom is 0.323 e. The van der Waals surface area contributed by atoms with Crippen molar-refractivity contribution in [2.45, 2.75) is 40.2 Å². The van der Waals surface area contributed by atoms with Crippen molar-refractivity contribution < 1.29 is 9.53 Å². The van der Waals surface area contributed by atoms with Gasteiger partial charge in [0.15, 0.2) is 0 Å². The number of carbonyl (C=O) groups is 1. The highest BCUT2D eigenvalue weighted by molar-refractivity contribution is 5.75. The smallest absolute Gasteiger partial charge is 0.323 e. The van der Waals surface area contributed by atoms with Gasteiger partial charge in [-0.15, -0.1) is 0 Å². The van der Waals surface area contributed by atoms with E-state index in [0.29, 0.717) is 6.61 Å². The fourth-order valence-electron chi connectivity index (χ4n) is 0.792.